The number of carbonyl (C=O) groups is 1. The van der Waals surface area contributed by atoms with Gasteiger partial charge in [-0.3, -0.25) is 4.79 Å². The van der Waals surface area contributed by atoms with Crippen LogP contribution in [0.5, 0.6) is 5.75 Å². The van der Waals surface area contributed by atoms with Crippen LogP contribution in [0.15, 0.2) is 53.9 Å². The van der Waals surface area contributed by atoms with Crippen molar-refractivity contribution < 1.29 is 9.53 Å². The molecular formula is C17H11ClINO2S. The molecule has 0 fully saturated rings. The van der Waals surface area contributed by atoms with Gasteiger partial charge in [0.15, 0.2) is 0 Å². The largest absolute Gasteiger partial charge is 0.426 e. The molecule has 0 saturated carbocycles. The second kappa shape index (κ2) is 7.42. The predicted octanol–water partition coefficient (Wildman–Crippen LogP) is 5.22. The molecular weight excluding hydrogens is 445 g/mol. The standard InChI is InChI=1S/C17H11ClINO2S/c18-12-3-1-2-11(8-12)17-20-14(10-23-17)9-16(21)22-15-6-4-13(19)5-7-15/h1-8,10H,9H2. The van der Waals surface area contributed by atoms with E-state index in [-0.39, 0.29) is 12.4 Å². The van der Waals surface area contributed by atoms with Gasteiger partial charge in [-0.1, -0.05) is 23.7 Å². The molecule has 6 heteroatoms. The highest BCUT2D eigenvalue weighted by Gasteiger charge is 2.11. The van der Waals surface area contributed by atoms with Crippen LogP contribution in [-0.2, 0) is 11.2 Å². The average molecular weight is 456 g/mol. The topological polar surface area (TPSA) is 39.2 Å². The summed E-state index contributed by atoms with van der Waals surface area (Å²) in [7, 11) is 0. The van der Waals surface area contributed by atoms with Gasteiger partial charge >= 0.3 is 5.97 Å². The lowest BCUT2D eigenvalue weighted by Crippen LogP contribution is -2.11. The summed E-state index contributed by atoms with van der Waals surface area (Å²) in [6.45, 7) is 0. The monoisotopic (exact) mass is 455 g/mol. The molecule has 3 nitrogen and oxygen atoms in total. The highest BCUT2D eigenvalue weighted by molar-refractivity contribution is 14.1. The van der Waals surface area contributed by atoms with E-state index in [2.05, 4.69) is 27.6 Å². The Hall–Kier alpha value is -1.44. The van der Waals surface area contributed by atoms with Gasteiger partial charge in [-0.15, -0.1) is 11.3 Å². The number of nitrogens with zero attached hydrogens (tertiary/aromatic N) is 1. The van der Waals surface area contributed by atoms with Crippen LogP contribution in [0.25, 0.3) is 10.6 Å². The number of carbonyl (C=O) groups excluding carboxylic acids is 1. The van der Waals surface area contributed by atoms with E-state index in [9.17, 15) is 4.79 Å². The summed E-state index contributed by atoms with van der Waals surface area (Å²) in [6.07, 6.45) is 0.142. The van der Waals surface area contributed by atoms with Crippen molar-refractivity contribution in [3.05, 3.63) is 68.2 Å². The van der Waals surface area contributed by atoms with Gasteiger partial charge in [-0.05, 0) is 59.0 Å². The summed E-state index contributed by atoms with van der Waals surface area (Å²) >= 11 is 9.67. The number of hydrogen-bond acceptors (Lipinski definition) is 4. The van der Waals surface area contributed by atoms with E-state index >= 15 is 0 Å². The van der Waals surface area contributed by atoms with Crippen LogP contribution in [0.4, 0.5) is 0 Å². The second-order valence-corrected chi connectivity index (χ2v) is 7.30. The number of rotatable bonds is 4. The highest BCUT2D eigenvalue weighted by atomic mass is 127. The zero-order valence-corrected chi connectivity index (χ0v) is 15.6. The zero-order chi connectivity index (χ0) is 16.2. The van der Waals surface area contributed by atoms with E-state index < -0.39 is 0 Å². The SMILES string of the molecule is O=C(Cc1csc(-c2cccc(Cl)c2)n1)Oc1ccc(I)cc1. The van der Waals surface area contributed by atoms with Crippen molar-refractivity contribution in [2.45, 2.75) is 6.42 Å². The molecule has 0 aliphatic carbocycles. The Morgan fingerprint density at radius 1 is 1.22 bits per heavy atom. The number of ether oxygens (including phenoxy) is 1. The number of esters is 1. The van der Waals surface area contributed by atoms with Crippen LogP contribution in [0, 0.1) is 3.57 Å². The van der Waals surface area contributed by atoms with Crippen molar-refractivity contribution in [1.82, 2.24) is 4.98 Å². The summed E-state index contributed by atoms with van der Waals surface area (Å²) < 4.78 is 6.40. The van der Waals surface area contributed by atoms with Crippen LogP contribution >= 0.6 is 45.5 Å². The lowest BCUT2D eigenvalue weighted by molar-refractivity contribution is -0.133. The third kappa shape index (κ3) is 4.53. The van der Waals surface area contributed by atoms with Crippen molar-refractivity contribution in [3.63, 3.8) is 0 Å². The third-order valence-electron chi connectivity index (χ3n) is 2.99. The van der Waals surface area contributed by atoms with E-state index in [1.165, 1.54) is 11.3 Å². The maximum Gasteiger partial charge on any atom is 0.317 e. The Morgan fingerprint density at radius 2 is 2.00 bits per heavy atom. The first kappa shape index (κ1) is 16.4. The Balaban J connectivity index is 1.66. The molecule has 0 saturated heterocycles. The van der Waals surface area contributed by atoms with Gasteiger partial charge < -0.3 is 4.74 Å². The number of benzene rings is 2. The molecule has 23 heavy (non-hydrogen) atoms. The van der Waals surface area contributed by atoms with E-state index in [0.717, 1.165) is 14.1 Å². The molecule has 0 aliphatic heterocycles. The molecule has 0 unspecified atom stereocenters. The second-order valence-electron chi connectivity index (χ2n) is 4.76. The van der Waals surface area contributed by atoms with Gasteiger partial charge in [0, 0.05) is 19.5 Å². The van der Waals surface area contributed by atoms with E-state index in [1.807, 2.05) is 41.8 Å². The molecule has 0 radical (unpaired) electrons. The van der Waals surface area contributed by atoms with Gasteiger partial charge in [0.1, 0.15) is 10.8 Å². The van der Waals surface area contributed by atoms with Gasteiger partial charge in [0.25, 0.3) is 0 Å². The summed E-state index contributed by atoms with van der Waals surface area (Å²) in [5.74, 6) is 0.217. The third-order valence-corrected chi connectivity index (χ3v) is 4.89. The van der Waals surface area contributed by atoms with Crippen LogP contribution in [0.3, 0.4) is 0 Å². The fourth-order valence-electron chi connectivity index (χ4n) is 1.96. The molecule has 1 heterocycles. The van der Waals surface area contributed by atoms with Gasteiger partial charge in [0.2, 0.25) is 0 Å². The lowest BCUT2D eigenvalue weighted by atomic mass is 10.2. The van der Waals surface area contributed by atoms with Crippen molar-refractivity contribution in [3.8, 4) is 16.3 Å². The molecule has 0 N–H and O–H groups in total. The maximum atomic E-state index is 12.0. The van der Waals surface area contributed by atoms with Crippen molar-refractivity contribution in [2.75, 3.05) is 0 Å². The number of thiazole rings is 1. The molecule has 0 aliphatic rings. The molecule has 0 bridgehead atoms. The molecule has 1 aromatic heterocycles. The minimum Gasteiger partial charge on any atom is -0.426 e. The smallest absolute Gasteiger partial charge is 0.317 e. The van der Waals surface area contributed by atoms with E-state index in [4.69, 9.17) is 16.3 Å². The molecule has 3 rings (SSSR count). The Labute approximate surface area is 156 Å². The minimum absolute atomic E-state index is 0.142. The summed E-state index contributed by atoms with van der Waals surface area (Å²) in [5.41, 5.74) is 1.64. The molecule has 0 amide bonds. The first-order chi connectivity index (χ1) is 11.1. The van der Waals surface area contributed by atoms with Crippen LogP contribution in [0.2, 0.25) is 5.02 Å². The van der Waals surface area contributed by atoms with Crippen molar-refractivity contribution >= 4 is 51.5 Å². The Morgan fingerprint density at radius 3 is 2.74 bits per heavy atom. The van der Waals surface area contributed by atoms with Gasteiger partial charge in [0.05, 0.1) is 12.1 Å². The van der Waals surface area contributed by atoms with Crippen LogP contribution < -0.4 is 4.74 Å². The Kier molecular flexibility index (Phi) is 5.30. The summed E-state index contributed by atoms with van der Waals surface area (Å²) in [4.78, 5) is 16.5. The zero-order valence-electron chi connectivity index (χ0n) is 11.8. The first-order valence-corrected chi connectivity index (χ1v) is 9.10. The summed E-state index contributed by atoms with van der Waals surface area (Å²) in [6, 6.07) is 14.8. The normalized spacial score (nSPS) is 10.5. The van der Waals surface area contributed by atoms with Crippen molar-refractivity contribution in [2.24, 2.45) is 0 Å². The molecule has 0 atom stereocenters. The quantitative estimate of drug-likeness (QED) is 0.308. The molecule has 3 aromatic rings. The molecule has 0 spiro atoms. The number of aromatic nitrogens is 1. The molecule has 2 aromatic carbocycles. The maximum absolute atomic E-state index is 12.0. The fraction of sp³-hybridized carbons (Fsp3) is 0.0588. The first-order valence-electron chi connectivity index (χ1n) is 6.77. The molecule has 116 valence electrons. The Bertz CT molecular complexity index is 833. The summed E-state index contributed by atoms with van der Waals surface area (Å²) in [5, 5.41) is 3.37. The van der Waals surface area contributed by atoms with Gasteiger partial charge in [-0.2, -0.15) is 0 Å². The predicted molar refractivity (Wildman–Crippen MR) is 101 cm³/mol. The number of halogens is 2. The van der Waals surface area contributed by atoms with Crippen LogP contribution in [-0.4, -0.2) is 11.0 Å². The average Bonchev–Trinajstić information content (AvgIpc) is 2.98. The van der Waals surface area contributed by atoms with Crippen molar-refractivity contribution in [1.29, 1.82) is 0 Å². The number of hydrogen-bond donors (Lipinski definition) is 0. The van der Waals surface area contributed by atoms with E-state index in [0.29, 0.717) is 16.5 Å². The van der Waals surface area contributed by atoms with Gasteiger partial charge in [-0.25, -0.2) is 4.98 Å². The highest BCUT2D eigenvalue weighted by Crippen LogP contribution is 2.26. The van der Waals surface area contributed by atoms with Crippen LogP contribution in [0.1, 0.15) is 5.69 Å². The van der Waals surface area contributed by atoms with E-state index in [1.54, 1.807) is 12.1 Å². The minimum atomic E-state index is -0.325. The lowest BCUT2D eigenvalue weighted by Gasteiger charge is -2.03. The fourth-order valence-corrected chi connectivity index (χ4v) is 3.33.